The van der Waals surface area contributed by atoms with Gasteiger partial charge < -0.3 is 13.8 Å². The summed E-state index contributed by atoms with van der Waals surface area (Å²) in [5.41, 5.74) is 17.2. The maximum atomic E-state index is 6.45. The molecule has 1 aliphatic rings. The summed E-state index contributed by atoms with van der Waals surface area (Å²) in [6, 6.07) is 77.2. The number of fused-ring (bicyclic) bond motifs is 9. The highest BCUT2D eigenvalue weighted by Gasteiger charge is 2.37. The Hall–Kier alpha value is -7.56. The second kappa shape index (κ2) is 13.0. The van der Waals surface area contributed by atoms with Gasteiger partial charge in [-0.3, -0.25) is 0 Å². The molecule has 0 saturated carbocycles. The van der Waals surface area contributed by atoms with Crippen molar-refractivity contribution < 1.29 is 4.42 Å². The highest BCUT2D eigenvalue weighted by molar-refractivity contribution is 6.90. The number of hydrogen-bond acceptors (Lipinski definition) is 2. The summed E-state index contributed by atoms with van der Waals surface area (Å²) in [6.07, 6.45) is 0. The summed E-state index contributed by atoms with van der Waals surface area (Å²) in [6.45, 7) is -0.0510. The van der Waals surface area contributed by atoms with Gasteiger partial charge in [-0.1, -0.05) is 157 Å². The van der Waals surface area contributed by atoms with Crippen LogP contribution in [0.3, 0.4) is 0 Å². The molecule has 0 saturated heterocycles. The molecule has 4 heteroatoms. The molecule has 270 valence electrons. The van der Waals surface area contributed by atoms with E-state index in [4.69, 9.17) is 4.42 Å². The van der Waals surface area contributed by atoms with Gasteiger partial charge in [-0.15, -0.1) is 0 Å². The van der Waals surface area contributed by atoms with Crippen molar-refractivity contribution in [1.29, 1.82) is 0 Å². The molecule has 0 fully saturated rings. The average Bonchev–Trinajstić information content (AvgIpc) is 3.85. The van der Waals surface area contributed by atoms with Crippen molar-refractivity contribution in [3.05, 3.63) is 212 Å². The van der Waals surface area contributed by atoms with Gasteiger partial charge in [-0.05, 0) is 93.9 Å². The van der Waals surface area contributed by atoms with Crippen LogP contribution >= 0.6 is 0 Å². The smallest absolute Gasteiger partial charge is 0.328 e. The van der Waals surface area contributed by atoms with E-state index in [-0.39, 0.29) is 6.85 Å². The van der Waals surface area contributed by atoms with Crippen LogP contribution in [0.4, 0.5) is 11.4 Å². The van der Waals surface area contributed by atoms with Crippen molar-refractivity contribution >= 4 is 72.9 Å². The standard InChI is InChI=1S/C54H35BN2O/c1-2-17-39(18-3-1)55-48-26-9-4-20-43(48)44-21-7-12-29-51(44)57(55)41-34-37(32-38(35-41)42-25-15-31-53-54(42)47-24-8-13-30-52(47)58-53)36-16-14-19-40(33-36)56-49-27-10-5-22-45(49)46-23-6-11-28-50(46)56/h1-35H. The van der Waals surface area contributed by atoms with Crippen LogP contribution in [0.5, 0.6) is 0 Å². The Morgan fingerprint density at radius 2 is 0.983 bits per heavy atom. The normalized spacial score (nSPS) is 12.4. The van der Waals surface area contributed by atoms with Crippen LogP contribution in [0, 0.1) is 0 Å². The van der Waals surface area contributed by atoms with Crippen molar-refractivity contribution in [1.82, 2.24) is 4.57 Å². The maximum Gasteiger partial charge on any atom is 0.328 e. The number of rotatable bonds is 5. The molecule has 0 N–H and O–H groups in total. The highest BCUT2D eigenvalue weighted by atomic mass is 16.3. The number of nitrogens with zero attached hydrogens (tertiary/aromatic N) is 2. The zero-order valence-electron chi connectivity index (χ0n) is 31.6. The topological polar surface area (TPSA) is 21.3 Å². The van der Waals surface area contributed by atoms with Gasteiger partial charge in [0, 0.05) is 44.2 Å². The van der Waals surface area contributed by atoms with E-state index in [0.29, 0.717) is 0 Å². The SMILES string of the molecule is c1ccc(B2c3ccccc3-c3ccccc3N2c2cc(-c3cccc(-n4c5ccccc5c5ccccc54)c3)cc(-c3cccc4oc5ccccc5c34)c2)cc1. The number of para-hydroxylation sites is 4. The van der Waals surface area contributed by atoms with E-state index in [1.807, 2.05) is 6.07 Å². The van der Waals surface area contributed by atoms with Gasteiger partial charge in [0.2, 0.25) is 0 Å². The Morgan fingerprint density at radius 1 is 0.379 bits per heavy atom. The minimum Gasteiger partial charge on any atom is -0.456 e. The number of furan rings is 1. The Balaban J connectivity index is 1.14. The van der Waals surface area contributed by atoms with Gasteiger partial charge in [0.1, 0.15) is 11.2 Å². The van der Waals surface area contributed by atoms with Crippen LogP contribution < -0.4 is 15.7 Å². The molecule has 0 unspecified atom stereocenters. The molecule has 0 amide bonds. The minimum atomic E-state index is -0.0510. The van der Waals surface area contributed by atoms with Gasteiger partial charge >= 0.3 is 6.85 Å². The summed E-state index contributed by atoms with van der Waals surface area (Å²) >= 11 is 0. The molecular weight excluding hydrogens is 703 g/mol. The maximum absolute atomic E-state index is 6.45. The van der Waals surface area contributed by atoms with Gasteiger partial charge in [-0.2, -0.15) is 0 Å². The molecule has 1 aliphatic heterocycles. The van der Waals surface area contributed by atoms with Gasteiger partial charge in [0.05, 0.1) is 11.0 Å². The summed E-state index contributed by atoms with van der Waals surface area (Å²) in [5.74, 6) is 0. The zero-order valence-corrected chi connectivity index (χ0v) is 31.6. The Kier molecular flexibility index (Phi) is 7.33. The lowest BCUT2D eigenvalue weighted by Crippen LogP contribution is -2.57. The Labute approximate surface area is 336 Å². The van der Waals surface area contributed by atoms with E-state index in [0.717, 1.165) is 55.6 Å². The predicted octanol–water partition coefficient (Wildman–Crippen LogP) is 12.9. The first-order chi connectivity index (χ1) is 28.8. The van der Waals surface area contributed by atoms with Crippen LogP contribution in [-0.4, -0.2) is 11.4 Å². The zero-order chi connectivity index (χ0) is 38.2. The van der Waals surface area contributed by atoms with Crippen LogP contribution in [0.1, 0.15) is 0 Å². The fourth-order valence-corrected chi connectivity index (χ4v) is 9.54. The quantitative estimate of drug-likeness (QED) is 0.164. The third kappa shape index (κ3) is 5.02. The van der Waals surface area contributed by atoms with Crippen LogP contribution in [-0.2, 0) is 0 Å². The molecule has 12 rings (SSSR count). The molecule has 2 aromatic heterocycles. The number of hydrogen-bond donors (Lipinski definition) is 0. The lowest BCUT2D eigenvalue weighted by molar-refractivity contribution is 0.669. The summed E-state index contributed by atoms with van der Waals surface area (Å²) in [5, 5.41) is 4.76. The third-order valence-corrected chi connectivity index (χ3v) is 12.0. The first kappa shape index (κ1) is 32.7. The molecule has 3 heterocycles. The van der Waals surface area contributed by atoms with Gasteiger partial charge in [-0.25, -0.2) is 0 Å². The lowest BCUT2D eigenvalue weighted by atomic mass is 9.45. The first-order valence-electron chi connectivity index (χ1n) is 20.0. The number of benzene rings is 9. The monoisotopic (exact) mass is 738 g/mol. The summed E-state index contributed by atoms with van der Waals surface area (Å²) < 4.78 is 8.85. The third-order valence-electron chi connectivity index (χ3n) is 12.0. The van der Waals surface area contributed by atoms with E-state index >= 15 is 0 Å². The molecule has 0 aliphatic carbocycles. The first-order valence-corrected chi connectivity index (χ1v) is 20.0. The summed E-state index contributed by atoms with van der Waals surface area (Å²) in [4.78, 5) is 2.56. The molecule has 11 aromatic rings. The highest BCUT2D eigenvalue weighted by Crippen LogP contribution is 2.44. The van der Waals surface area contributed by atoms with Crippen molar-refractivity contribution in [2.75, 3.05) is 4.81 Å². The van der Waals surface area contributed by atoms with Crippen molar-refractivity contribution in [2.24, 2.45) is 0 Å². The fourth-order valence-electron chi connectivity index (χ4n) is 9.54. The van der Waals surface area contributed by atoms with Gasteiger partial charge in [0.25, 0.3) is 0 Å². The van der Waals surface area contributed by atoms with Crippen molar-refractivity contribution in [3.8, 4) is 39.1 Å². The van der Waals surface area contributed by atoms with Gasteiger partial charge in [0.15, 0.2) is 0 Å². The minimum absolute atomic E-state index is 0.0510. The van der Waals surface area contributed by atoms with Crippen LogP contribution in [0.2, 0.25) is 0 Å². The molecule has 0 radical (unpaired) electrons. The predicted molar refractivity (Wildman–Crippen MR) is 244 cm³/mol. The Morgan fingerprint density at radius 3 is 1.81 bits per heavy atom. The van der Waals surface area contributed by atoms with Crippen molar-refractivity contribution in [2.45, 2.75) is 0 Å². The van der Waals surface area contributed by atoms with Crippen LogP contribution in [0.15, 0.2) is 217 Å². The second-order valence-electron chi connectivity index (χ2n) is 15.3. The molecule has 58 heavy (non-hydrogen) atoms. The second-order valence-corrected chi connectivity index (χ2v) is 15.3. The molecule has 3 nitrogen and oxygen atoms in total. The molecule has 0 bridgehead atoms. The summed E-state index contributed by atoms with van der Waals surface area (Å²) in [7, 11) is 0. The number of aromatic nitrogens is 1. The van der Waals surface area contributed by atoms with E-state index in [1.54, 1.807) is 0 Å². The lowest BCUT2D eigenvalue weighted by Gasteiger charge is -2.39. The molecular formula is C54H35BN2O. The fraction of sp³-hybridized carbons (Fsp3) is 0. The van der Waals surface area contributed by atoms with E-state index in [2.05, 4.69) is 216 Å². The average molecular weight is 739 g/mol. The van der Waals surface area contributed by atoms with Crippen LogP contribution in [0.25, 0.3) is 82.8 Å². The molecule has 9 aromatic carbocycles. The largest absolute Gasteiger partial charge is 0.456 e. The number of anilines is 2. The molecule has 0 spiro atoms. The molecule has 0 atom stereocenters. The Bertz CT molecular complexity index is 3320. The van der Waals surface area contributed by atoms with E-state index in [1.165, 1.54) is 49.5 Å². The van der Waals surface area contributed by atoms with Crippen molar-refractivity contribution in [3.63, 3.8) is 0 Å². The van der Waals surface area contributed by atoms with E-state index < -0.39 is 0 Å². The van der Waals surface area contributed by atoms with E-state index in [9.17, 15) is 0 Å².